The fourth-order valence-corrected chi connectivity index (χ4v) is 4.43. The molecule has 26 heavy (non-hydrogen) atoms. The summed E-state index contributed by atoms with van der Waals surface area (Å²) < 4.78 is 0. The monoisotopic (exact) mass is 360 g/mol. The number of pyridine rings is 1. The van der Waals surface area contributed by atoms with E-state index in [0.717, 1.165) is 63.1 Å². The lowest BCUT2D eigenvalue weighted by Crippen LogP contribution is -2.04. The van der Waals surface area contributed by atoms with Crippen LogP contribution in [-0.4, -0.2) is 4.98 Å². The lowest BCUT2D eigenvalue weighted by molar-refractivity contribution is 0.699. The van der Waals surface area contributed by atoms with Crippen molar-refractivity contribution in [1.29, 1.82) is 5.26 Å². The zero-order valence-corrected chi connectivity index (χ0v) is 15.7. The predicted molar refractivity (Wildman–Crippen MR) is 107 cm³/mol. The van der Waals surface area contributed by atoms with E-state index in [0.29, 0.717) is 5.92 Å². The van der Waals surface area contributed by atoms with Crippen LogP contribution in [0.4, 0.5) is 0 Å². The Morgan fingerprint density at radius 1 is 1.15 bits per heavy atom. The van der Waals surface area contributed by atoms with Crippen LogP contribution in [0.3, 0.4) is 0 Å². The first-order valence-electron chi connectivity index (χ1n) is 9.34. The summed E-state index contributed by atoms with van der Waals surface area (Å²) in [5, 5.41) is 11.7. The van der Waals surface area contributed by atoms with Crippen molar-refractivity contribution >= 4 is 22.5 Å². The van der Waals surface area contributed by atoms with Gasteiger partial charge in [0.1, 0.15) is 6.07 Å². The van der Waals surface area contributed by atoms with Crippen molar-refractivity contribution in [2.24, 2.45) is 0 Å². The van der Waals surface area contributed by atoms with E-state index in [1.54, 1.807) is 0 Å². The largest absolute Gasteiger partial charge is 0.251 e. The summed E-state index contributed by atoms with van der Waals surface area (Å²) in [6.45, 7) is 2.10. The van der Waals surface area contributed by atoms with Gasteiger partial charge in [-0.05, 0) is 42.5 Å². The molecule has 2 aromatic carbocycles. The number of aryl methyl sites for hydroxylation is 1. The van der Waals surface area contributed by atoms with Crippen LogP contribution >= 0.6 is 11.6 Å². The van der Waals surface area contributed by atoms with Gasteiger partial charge >= 0.3 is 0 Å². The molecular weight excluding hydrogens is 340 g/mol. The Labute approximate surface area is 159 Å². The number of hydrogen-bond donors (Lipinski definition) is 0. The summed E-state index contributed by atoms with van der Waals surface area (Å²) in [6.07, 6.45) is 5.55. The van der Waals surface area contributed by atoms with E-state index in [1.165, 1.54) is 12.8 Å². The second kappa shape index (κ2) is 7.09. The number of nitriles is 1. The number of hydrogen-bond acceptors (Lipinski definition) is 2. The van der Waals surface area contributed by atoms with E-state index in [2.05, 4.69) is 31.2 Å². The van der Waals surface area contributed by atoms with E-state index < -0.39 is 0 Å². The molecule has 0 aliphatic heterocycles. The zero-order valence-electron chi connectivity index (χ0n) is 14.9. The number of benzene rings is 2. The molecule has 3 heteroatoms. The van der Waals surface area contributed by atoms with Crippen LogP contribution in [0.15, 0.2) is 42.5 Å². The molecule has 3 aromatic rings. The highest BCUT2D eigenvalue weighted by Gasteiger charge is 2.25. The standard InChI is InChI=1S/C23H21ClN2/c1-2-15-12-21-18(13-20(15)24)22(16-8-4-3-5-9-16)19(14-25)23(26-21)17-10-6-7-11-17/h3-5,8-9,12-13,17H,2,6-7,10-11H2,1H3. The van der Waals surface area contributed by atoms with Gasteiger partial charge in [-0.1, -0.05) is 61.7 Å². The van der Waals surface area contributed by atoms with Gasteiger partial charge in [0.05, 0.1) is 16.8 Å². The van der Waals surface area contributed by atoms with Crippen molar-refractivity contribution in [3.8, 4) is 17.2 Å². The quantitative estimate of drug-likeness (QED) is 0.524. The smallest absolute Gasteiger partial charge is 0.102 e. The summed E-state index contributed by atoms with van der Waals surface area (Å²) in [4.78, 5) is 4.98. The van der Waals surface area contributed by atoms with Crippen LogP contribution in [0.25, 0.3) is 22.0 Å². The van der Waals surface area contributed by atoms with Crippen molar-refractivity contribution in [3.05, 3.63) is 64.3 Å². The molecule has 1 saturated carbocycles. The van der Waals surface area contributed by atoms with E-state index in [-0.39, 0.29) is 0 Å². The van der Waals surface area contributed by atoms with Crippen LogP contribution in [0.1, 0.15) is 55.3 Å². The normalized spacial score (nSPS) is 14.7. The molecule has 0 N–H and O–H groups in total. The van der Waals surface area contributed by atoms with Gasteiger partial charge in [0.25, 0.3) is 0 Å². The summed E-state index contributed by atoms with van der Waals surface area (Å²) in [5.74, 6) is 0.386. The minimum absolute atomic E-state index is 0.386. The fourth-order valence-electron chi connectivity index (χ4n) is 4.13. The van der Waals surface area contributed by atoms with Crippen molar-refractivity contribution in [2.45, 2.75) is 44.9 Å². The highest BCUT2D eigenvalue weighted by Crippen LogP contribution is 2.41. The predicted octanol–water partition coefficient (Wildman–Crippen LogP) is 6.65. The Bertz CT molecular complexity index is 996. The van der Waals surface area contributed by atoms with Gasteiger partial charge in [0, 0.05) is 21.9 Å². The average Bonchev–Trinajstić information content (AvgIpc) is 3.21. The van der Waals surface area contributed by atoms with Gasteiger partial charge in [0.2, 0.25) is 0 Å². The van der Waals surface area contributed by atoms with E-state index in [4.69, 9.17) is 16.6 Å². The third-order valence-electron chi connectivity index (χ3n) is 5.48. The van der Waals surface area contributed by atoms with Gasteiger partial charge in [-0.25, -0.2) is 0 Å². The maximum Gasteiger partial charge on any atom is 0.102 e. The summed E-state index contributed by atoms with van der Waals surface area (Å²) in [5.41, 5.74) is 5.77. The SMILES string of the molecule is CCc1cc2nc(C3CCCC3)c(C#N)c(-c3ccccc3)c2cc1Cl. The van der Waals surface area contributed by atoms with Crippen LogP contribution in [0.2, 0.25) is 5.02 Å². The number of rotatable bonds is 3. The third kappa shape index (κ3) is 2.87. The second-order valence-corrected chi connectivity index (χ2v) is 7.43. The molecule has 1 aliphatic rings. The summed E-state index contributed by atoms with van der Waals surface area (Å²) in [7, 11) is 0. The molecule has 1 aromatic heterocycles. The van der Waals surface area contributed by atoms with E-state index >= 15 is 0 Å². The summed E-state index contributed by atoms with van der Waals surface area (Å²) >= 11 is 6.51. The summed E-state index contributed by atoms with van der Waals surface area (Å²) in [6, 6.07) is 16.7. The fraction of sp³-hybridized carbons (Fsp3) is 0.304. The highest BCUT2D eigenvalue weighted by molar-refractivity contribution is 6.32. The van der Waals surface area contributed by atoms with Crippen LogP contribution in [0, 0.1) is 11.3 Å². The topological polar surface area (TPSA) is 36.7 Å². The average molecular weight is 361 g/mol. The molecule has 0 amide bonds. The third-order valence-corrected chi connectivity index (χ3v) is 5.83. The van der Waals surface area contributed by atoms with Crippen LogP contribution in [-0.2, 0) is 6.42 Å². The lowest BCUT2D eigenvalue weighted by Gasteiger charge is -2.18. The first kappa shape index (κ1) is 17.1. The lowest BCUT2D eigenvalue weighted by atomic mass is 9.89. The number of aromatic nitrogens is 1. The molecule has 0 bridgehead atoms. The maximum absolute atomic E-state index is 10.0. The molecule has 1 fully saturated rings. The minimum atomic E-state index is 0.386. The number of halogens is 1. The second-order valence-electron chi connectivity index (χ2n) is 7.02. The Hall–Kier alpha value is -2.37. The highest BCUT2D eigenvalue weighted by atomic mass is 35.5. The molecule has 130 valence electrons. The molecule has 0 atom stereocenters. The molecule has 0 saturated heterocycles. The van der Waals surface area contributed by atoms with E-state index in [1.807, 2.05) is 24.3 Å². The number of fused-ring (bicyclic) bond motifs is 1. The van der Waals surface area contributed by atoms with Gasteiger partial charge in [-0.3, -0.25) is 4.98 Å². The molecule has 1 aliphatic carbocycles. The van der Waals surface area contributed by atoms with Crippen LogP contribution < -0.4 is 0 Å². The molecule has 1 heterocycles. The van der Waals surface area contributed by atoms with Crippen molar-refractivity contribution in [3.63, 3.8) is 0 Å². The van der Waals surface area contributed by atoms with Gasteiger partial charge in [-0.15, -0.1) is 0 Å². The van der Waals surface area contributed by atoms with E-state index in [9.17, 15) is 5.26 Å². The Balaban J connectivity index is 2.10. The molecule has 0 radical (unpaired) electrons. The molecule has 2 nitrogen and oxygen atoms in total. The first-order valence-corrected chi connectivity index (χ1v) is 9.72. The van der Waals surface area contributed by atoms with Crippen molar-refractivity contribution < 1.29 is 0 Å². The molecular formula is C23H21ClN2. The molecule has 4 rings (SSSR count). The molecule has 0 spiro atoms. The minimum Gasteiger partial charge on any atom is -0.251 e. The molecule has 0 unspecified atom stereocenters. The van der Waals surface area contributed by atoms with Crippen LogP contribution in [0.5, 0.6) is 0 Å². The van der Waals surface area contributed by atoms with Crippen molar-refractivity contribution in [1.82, 2.24) is 4.98 Å². The first-order chi connectivity index (χ1) is 12.7. The van der Waals surface area contributed by atoms with Crippen molar-refractivity contribution in [2.75, 3.05) is 0 Å². The Morgan fingerprint density at radius 3 is 2.54 bits per heavy atom. The Morgan fingerprint density at radius 2 is 1.88 bits per heavy atom. The van der Waals surface area contributed by atoms with Gasteiger partial charge in [-0.2, -0.15) is 5.26 Å². The van der Waals surface area contributed by atoms with Gasteiger partial charge < -0.3 is 0 Å². The maximum atomic E-state index is 10.0. The van der Waals surface area contributed by atoms with Gasteiger partial charge in [0.15, 0.2) is 0 Å². The number of nitrogens with zero attached hydrogens (tertiary/aromatic N) is 2. The zero-order chi connectivity index (χ0) is 18.1. The Kier molecular flexibility index (Phi) is 4.66.